The predicted octanol–water partition coefficient (Wildman–Crippen LogP) is 5.01. The van der Waals surface area contributed by atoms with Crippen LogP contribution >= 0.6 is 0 Å². The Morgan fingerprint density at radius 1 is 1.15 bits per heavy atom. The minimum Gasteiger partial charge on any atom is -0.381 e. The normalized spacial score (nSPS) is 23.4. The fraction of sp³-hybridized carbons (Fsp3) is 0.500. The molecule has 2 aromatic rings. The molecule has 2 nitrogen and oxygen atoms in total. The number of rotatable bonds is 3. The van der Waals surface area contributed by atoms with Crippen molar-refractivity contribution in [3.8, 4) is 0 Å². The van der Waals surface area contributed by atoms with E-state index >= 15 is 0 Å². The highest BCUT2D eigenvalue weighted by Crippen LogP contribution is 2.27. The van der Waals surface area contributed by atoms with Gasteiger partial charge in [0, 0.05) is 11.4 Å². The molecule has 1 aromatic heterocycles. The van der Waals surface area contributed by atoms with Crippen LogP contribution in [0.3, 0.4) is 0 Å². The van der Waals surface area contributed by atoms with Crippen molar-refractivity contribution >= 4 is 16.6 Å². The first-order chi connectivity index (χ1) is 9.85. The summed E-state index contributed by atoms with van der Waals surface area (Å²) in [7, 11) is 0. The molecule has 106 valence electrons. The van der Waals surface area contributed by atoms with Crippen LogP contribution in [0.15, 0.2) is 36.5 Å². The van der Waals surface area contributed by atoms with E-state index in [-0.39, 0.29) is 0 Å². The minimum atomic E-state index is 0.620. The third-order valence-corrected chi connectivity index (χ3v) is 4.63. The molecule has 1 heterocycles. The van der Waals surface area contributed by atoms with Crippen molar-refractivity contribution in [3.05, 3.63) is 36.5 Å². The molecule has 0 radical (unpaired) electrons. The van der Waals surface area contributed by atoms with Crippen LogP contribution in [-0.4, -0.2) is 11.0 Å². The van der Waals surface area contributed by atoms with Gasteiger partial charge in [-0.25, -0.2) is 0 Å². The molecule has 1 aliphatic carbocycles. The van der Waals surface area contributed by atoms with Gasteiger partial charge in [0.15, 0.2) is 0 Å². The van der Waals surface area contributed by atoms with Crippen molar-refractivity contribution in [1.82, 2.24) is 4.98 Å². The Balaban J connectivity index is 1.69. The third kappa shape index (κ3) is 3.12. The van der Waals surface area contributed by atoms with Crippen LogP contribution in [0.2, 0.25) is 0 Å². The molecule has 2 unspecified atom stereocenters. The Kier molecular flexibility index (Phi) is 4.19. The molecule has 0 amide bonds. The molecule has 2 atom stereocenters. The van der Waals surface area contributed by atoms with Crippen molar-refractivity contribution in [3.63, 3.8) is 0 Å². The second-order valence-electron chi connectivity index (χ2n) is 6.04. The molecule has 1 fully saturated rings. The lowest BCUT2D eigenvalue weighted by Gasteiger charge is -2.18. The molecule has 1 aliphatic rings. The van der Waals surface area contributed by atoms with Gasteiger partial charge in [-0.3, -0.25) is 4.98 Å². The quantitative estimate of drug-likeness (QED) is 0.792. The number of anilines is 1. The van der Waals surface area contributed by atoms with Crippen molar-refractivity contribution in [2.45, 2.75) is 51.5 Å². The molecule has 0 spiro atoms. The number of hydrogen-bond acceptors (Lipinski definition) is 2. The van der Waals surface area contributed by atoms with E-state index in [0.29, 0.717) is 6.04 Å². The van der Waals surface area contributed by atoms with Gasteiger partial charge in [0.1, 0.15) is 0 Å². The predicted molar refractivity (Wildman–Crippen MR) is 86.0 cm³/mol. The molecular weight excluding hydrogens is 244 g/mol. The van der Waals surface area contributed by atoms with Crippen LogP contribution < -0.4 is 5.32 Å². The largest absolute Gasteiger partial charge is 0.381 e. The number of benzene rings is 1. The molecule has 1 aromatic carbocycles. The third-order valence-electron chi connectivity index (χ3n) is 4.63. The maximum absolute atomic E-state index is 4.54. The van der Waals surface area contributed by atoms with E-state index in [1.165, 1.54) is 49.6 Å². The lowest BCUT2D eigenvalue weighted by Crippen LogP contribution is -2.18. The molecule has 1 saturated carbocycles. The van der Waals surface area contributed by atoms with E-state index in [1.807, 2.05) is 12.3 Å². The summed E-state index contributed by atoms with van der Waals surface area (Å²) in [6.07, 6.45) is 10.0. The monoisotopic (exact) mass is 268 g/mol. The highest BCUT2D eigenvalue weighted by atomic mass is 14.9. The second-order valence-corrected chi connectivity index (χ2v) is 6.04. The van der Waals surface area contributed by atoms with E-state index in [9.17, 15) is 0 Å². The molecule has 20 heavy (non-hydrogen) atoms. The van der Waals surface area contributed by atoms with Crippen LogP contribution in [0.25, 0.3) is 10.9 Å². The zero-order chi connectivity index (χ0) is 13.8. The first-order valence-corrected chi connectivity index (χ1v) is 7.96. The van der Waals surface area contributed by atoms with Gasteiger partial charge in [0.2, 0.25) is 0 Å². The van der Waals surface area contributed by atoms with Gasteiger partial charge in [0.25, 0.3) is 0 Å². The van der Waals surface area contributed by atoms with E-state index in [0.717, 1.165) is 11.4 Å². The van der Waals surface area contributed by atoms with Crippen LogP contribution in [0.1, 0.15) is 45.4 Å². The summed E-state index contributed by atoms with van der Waals surface area (Å²) in [4.78, 5) is 4.54. The zero-order valence-corrected chi connectivity index (χ0v) is 12.3. The summed E-state index contributed by atoms with van der Waals surface area (Å²) in [5.74, 6) is 0.941. The summed E-state index contributed by atoms with van der Waals surface area (Å²) < 4.78 is 0. The fourth-order valence-corrected chi connectivity index (χ4v) is 3.32. The van der Waals surface area contributed by atoms with Crippen molar-refractivity contribution in [1.29, 1.82) is 0 Å². The Bertz CT molecular complexity index is 564. The number of aromatic nitrogens is 1. The van der Waals surface area contributed by atoms with Crippen LogP contribution in [-0.2, 0) is 0 Å². The lowest BCUT2D eigenvalue weighted by molar-refractivity contribution is 0.444. The standard InChI is InChI=1S/C18H24N2/c1-2-14-6-5-8-16(11-10-14)20-17-12-15-7-3-4-9-18(15)19-13-17/h3-4,7,9,12-14,16,20H,2,5-6,8,10-11H2,1H3. The lowest BCUT2D eigenvalue weighted by atomic mass is 9.98. The van der Waals surface area contributed by atoms with Crippen molar-refractivity contribution in [2.24, 2.45) is 5.92 Å². The van der Waals surface area contributed by atoms with E-state index in [4.69, 9.17) is 0 Å². The molecule has 1 N–H and O–H groups in total. The van der Waals surface area contributed by atoms with Gasteiger partial charge in [-0.2, -0.15) is 0 Å². The van der Waals surface area contributed by atoms with E-state index < -0.39 is 0 Å². The van der Waals surface area contributed by atoms with Crippen LogP contribution in [0.4, 0.5) is 5.69 Å². The number of para-hydroxylation sites is 1. The summed E-state index contributed by atoms with van der Waals surface area (Å²) in [6, 6.07) is 11.2. The van der Waals surface area contributed by atoms with Gasteiger partial charge < -0.3 is 5.32 Å². The summed E-state index contributed by atoms with van der Waals surface area (Å²) >= 11 is 0. The maximum atomic E-state index is 4.54. The van der Waals surface area contributed by atoms with Crippen molar-refractivity contribution in [2.75, 3.05) is 5.32 Å². The molecule has 0 saturated heterocycles. The van der Waals surface area contributed by atoms with Crippen molar-refractivity contribution < 1.29 is 0 Å². The number of hydrogen-bond donors (Lipinski definition) is 1. The first kappa shape index (κ1) is 13.4. The Labute approximate surface area is 121 Å². The minimum absolute atomic E-state index is 0.620. The molecule has 2 heteroatoms. The molecule has 0 aliphatic heterocycles. The van der Waals surface area contributed by atoms with Gasteiger partial charge in [0.05, 0.1) is 17.4 Å². The number of fused-ring (bicyclic) bond motifs is 1. The highest BCUT2D eigenvalue weighted by molar-refractivity contribution is 5.81. The molecule has 0 bridgehead atoms. The molecular formula is C18H24N2. The molecule has 3 rings (SSSR count). The summed E-state index contributed by atoms with van der Waals surface area (Å²) in [5.41, 5.74) is 2.24. The highest BCUT2D eigenvalue weighted by Gasteiger charge is 2.17. The van der Waals surface area contributed by atoms with Gasteiger partial charge in [-0.05, 0) is 37.3 Å². The Morgan fingerprint density at radius 3 is 2.95 bits per heavy atom. The maximum Gasteiger partial charge on any atom is 0.0703 e. The first-order valence-electron chi connectivity index (χ1n) is 7.96. The zero-order valence-electron chi connectivity index (χ0n) is 12.3. The second kappa shape index (κ2) is 6.25. The van der Waals surface area contributed by atoms with Crippen LogP contribution in [0.5, 0.6) is 0 Å². The average Bonchev–Trinajstić information content (AvgIpc) is 2.72. The smallest absolute Gasteiger partial charge is 0.0703 e. The Hall–Kier alpha value is -1.57. The Morgan fingerprint density at radius 2 is 2.05 bits per heavy atom. The topological polar surface area (TPSA) is 24.9 Å². The van der Waals surface area contributed by atoms with Gasteiger partial charge >= 0.3 is 0 Å². The number of nitrogens with one attached hydrogen (secondary N) is 1. The fourth-order valence-electron chi connectivity index (χ4n) is 3.32. The van der Waals surface area contributed by atoms with Gasteiger partial charge in [-0.1, -0.05) is 44.4 Å². The SMILES string of the molecule is CCC1CCCC(Nc2cnc3ccccc3c2)CC1. The van der Waals surface area contributed by atoms with E-state index in [1.54, 1.807) is 0 Å². The number of nitrogens with zero attached hydrogens (tertiary/aromatic N) is 1. The summed E-state index contributed by atoms with van der Waals surface area (Å²) in [5, 5.41) is 4.92. The number of pyridine rings is 1. The van der Waals surface area contributed by atoms with E-state index in [2.05, 4.69) is 41.5 Å². The average molecular weight is 268 g/mol. The summed E-state index contributed by atoms with van der Waals surface area (Å²) in [6.45, 7) is 2.33. The van der Waals surface area contributed by atoms with Crippen LogP contribution in [0, 0.1) is 5.92 Å². The van der Waals surface area contributed by atoms with Gasteiger partial charge in [-0.15, -0.1) is 0 Å².